The molecular weight excluding hydrogens is 324 g/mol. The van der Waals surface area contributed by atoms with Crippen molar-refractivity contribution >= 4 is 22.5 Å². The first kappa shape index (κ1) is 15.6. The summed E-state index contributed by atoms with van der Waals surface area (Å²) in [7, 11) is 0. The van der Waals surface area contributed by atoms with Crippen LogP contribution in [-0.4, -0.2) is 16.1 Å². The highest BCUT2D eigenvalue weighted by molar-refractivity contribution is 6.13. The molecule has 1 heterocycles. The number of benzene rings is 3. The van der Waals surface area contributed by atoms with Crippen LogP contribution in [0.25, 0.3) is 22.0 Å². The standard InChI is InChI=1S/C21H14N4O/c22-12-14-5-4-6-15(9-14)16-10-17-13-23-25-20(17)19(11-16)21(26)24-18-7-2-1-3-8-18/h1-11,13H,(H,23,25)(H,24,26). The van der Waals surface area contributed by atoms with Crippen molar-refractivity contribution in [3.05, 3.63) is 84.1 Å². The average Bonchev–Trinajstić information content (AvgIpc) is 3.16. The van der Waals surface area contributed by atoms with E-state index in [2.05, 4.69) is 21.6 Å². The van der Waals surface area contributed by atoms with E-state index in [4.69, 9.17) is 5.26 Å². The van der Waals surface area contributed by atoms with Gasteiger partial charge in [0.25, 0.3) is 5.91 Å². The van der Waals surface area contributed by atoms with Crippen LogP contribution < -0.4 is 5.32 Å². The molecule has 0 fully saturated rings. The second kappa shape index (κ2) is 6.54. The lowest BCUT2D eigenvalue weighted by molar-refractivity contribution is 0.102. The van der Waals surface area contributed by atoms with Crippen molar-refractivity contribution in [2.45, 2.75) is 0 Å². The van der Waals surface area contributed by atoms with Crippen LogP contribution in [0.4, 0.5) is 5.69 Å². The Labute approximate surface area is 149 Å². The van der Waals surface area contributed by atoms with Crippen LogP contribution in [-0.2, 0) is 0 Å². The van der Waals surface area contributed by atoms with Gasteiger partial charge in [-0.15, -0.1) is 0 Å². The van der Waals surface area contributed by atoms with Gasteiger partial charge < -0.3 is 5.32 Å². The molecule has 4 aromatic rings. The number of nitriles is 1. The van der Waals surface area contributed by atoms with Gasteiger partial charge in [-0.05, 0) is 47.5 Å². The van der Waals surface area contributed by atoms with Gasteiger partial charge in [0.2, 0.25) is 0 Å². The molecule has 0 spiro atoms. The lowest BCUT2D eigenvalue weighted by Gasteiger charge is -2.09. The van der Waals surface area contributed by atoms with E-state index < -0.39 is 0 Å². The van der Waals surface area contributed by atoms with E-state index in [-0.39, 0.29) is 5.91 Å². The van der Waals surface area contributed by atoms with Crippen molar-refractivity contribution in [1.82, 2.24) is 10.2 Å². The quantitative estimate of drug-likeness (QED) is 0.582. The van der Waals surface area contributed by atoms with Crippen LogP contribution in [0.3, 0.4) is 0 Å². The Morgan fingerprint density at radius 2 is 1.85 bits per heavy atom. The highest BCUT2D eigenvalue weighted by Gasteiger charge is 2.15. The normalized spacial score (nSPS) is 10.4. The maximum absolute atomic E-state index is 12.8. The minimum absolute atomic E-state index is 0.219. The topological polar surface area (TPSA) is 81.6 Å². The minimum Gasteiger partial charge on any atom is -0.322 e. The molecule has 0 saturated heterocycles. The predicted molar refractivity (Wildman–Crippen MR) is 101 cm³/mol. The molecule has 3 aromatic carbocycles. The number of carbonyl (C=O) groups is 1. The number of aromatic nitrogens is 2. The summed E-state index contributed by atoms with van der Waals surface area (Å²) in [5.74, 6) is -0.219. The molecule has 0 aliphatic carbocycles. The smallest absolute Gasteiger partial charge is 0.257 e. The third kappa shape index (κ3) is 2.92. The number of rotatable bonds is 3. The first-order valence-corrected chi connectivity index (χ1v) is 8.08. The van der Waals surface area contributed by atoms with Crippen molar-refractivity contribution in [2.24, 2.45) is 0 Å². The summed E-state index contributed by atoms with van der Waals surface area (Å²) < 4.78 is 0. The summed E-state index contributed by atoms with van der Waals surface area (Å²) >= 11 is 0. The zero-order valence-corrected chi connectivity index (χ0v) is 13.7. The van der Waals surface area contributed by atoms with E-state index in [1.807, 2.05) is 54.6 Å². The predicted octanol–water partition coefficient (Wildman–Crippen LogP) is 4.35. The van der Waals surface area contributed by atoms with E-state index in [1.54, 1.807) is 18.3 Å². The molecule has 1 aromatic heterocycles. The lowest BCUT2D eigenvalue weighted by atomic mass is 9.99. The Kier molecular flexibility index (Phi) is 3.92. The number of nitrogens with zero attached hydrogens (tertiary/aromatic N) is 2. The summed E-state index contributed by atoms with van der Waals surface area (Å²) in [6.45, 7) is 0. The Balaban J connectivity index is 1.80. The van der Waals surface area contributed by atoms with Crippen LogP contribution in [0.2, 0.25) is 0 Å². The summed E-state index contributed by atoms with van der Waals surface area (Å²) in [6, 6.07) is 22.5. The van der Waals surface area contributed by atoms with Gasteiger partial charge in [0, 0.05) is 11.1 Å². The van der Waals surface area contributed by atoms with Gasteiger partial charge in [-0.1, -0.05) is 30.3 Å². The Bertz CT molecular complexity index is 1140. The molecule has 0 aliphatic heterocycles. The van der Waals surface area contributed by atoms with E-state index in [0.29, 0.717) is 16.6 Å². The highest BCUT2D eigenvalue weighted by Crippen LogP contribution is 2.28. The van der Waals surface area contributed by atoms with Crippen molar-refractivity contribution in [2.75, 3.05) is 5.32 Å². The Morgan fingerprint density at radius 3 is 2.65 bits per heavy atom. The fraction of sp³-hybridized carbons (Fsp3) is 0. The second-order valence-electron chi connectivity index (χ2n) is 5.87. The van der Waals surface area contributed by atoms with Crippen molar-refractivity contribution in [3.63, 3.8) is 0 Å². The number of H-pyrrole nitrogens is 1. The molecule has 124 valence electrons. The number of hydrogen-bond acceptors (Lipinski definition) is 3. The molecule has 1 amide bonds. The van der Waals surface area contributed by atoms with Crippen LogP contribution in [0.5, 0.6) is 0 Å². The van der Waals surface area contributed by atoms with E-state index in [1.165, 1.54) is 0 Å². The molecule has 0 unspecified atom stereocenters. The number of nitrogens with one attached hydrogen (secondary N) is 2. The van der Waals surface area contributed by atoms with Crippen LogP contribution in [0.1, 0.15) is 15.9 Å². The summed E-state index contributed by atoms with van der Waals surface area (Å²) in [5, 5.41) is 19.8. The van der Waals surface area contributed by atoms with Gasteiger partial charge in [-0.25, -0.2) is 0 Å². The van der Waals surface area contributed by atoms with Crippen LogP contribution >= 0.6 is 0 Å². The van der Waals surface area contributed by atoms with E-state index in [9.17, 15) is 4.79 Å². The lowest BCUT2D eigenvalue weighted by Crippen LogP contribution is -2.12. The summed E-state index contributed by atoms with van der Waals surface area (Å²) in [4.78, 5) is 12.8. The first-order chi connectivity index (χ1) is 12.7. The molecule has 4 rings (SSSR count). The molecular formula is C21H14N4O. The number of carbonyl (C=O) groups excluding carboxylic acids is 1. The molecule has 5 heteroatoms. The van der Waals surface area contributed by atoms with E-state index in [0.717, 1.165) is 22.2 Å². The molecule has 0 aliphatic rings. The first-order valence-electron chi connectivity index (χ1n) is 8.08. The van der Waals surface area contributed by atoms with Gasteiger partial charge in [-0.2, -0.15) is 10.4 Å². The van der Waals surface area contributed by atoms with Gasteiger partial charge in [-0.3, -0.25) is 9.89 Å². The Morgan fingerprint density at radius 1 is 1.00 bits per heavy atom. The molecule has 0 saturated carbocycles. The summed E-state index contributed by atoms with van der Waals surface area (Å²) in [6.07, 6.45) is 1.69. The largest absolute Gasteiger partial charge is 0.322 e. The summed E-state index contributed by atoms with van der Waals surface area (Å²) in [5.41, 5.74) is 4.21. The molecule has 26 heavy (non-hydrogen) atoms. The number of hydrogen-bond donors (Lipinski definition) is 2. The van der Waals surface area contributed by atoms with Crippen LogP contribution in [0.15, 0.2) is 72.9 Å². The Hall–Kier alpha value is -3.91. The monoisotopic (exact) mass is 338 g/mol. The number of para-hydroxylation sites is 1. The molecule has 2 N–H and O–H groups in total. The second-order valence-corrected chi connectivity index (χ2v) is 5.87. The number of fused-ring (bicyclic) bond motifs is 1. The SMILES string of the molecule is N#Cc1cccc(-c2cc(C(=O)Nc3ccccc3)c3[nH]ncc3c2)c1. The average molecular weight is 338 g/mol. The number of anilines is 1. The zero-order valence-electron chi connectivity index (χ0n) is 13.7. The van der Waals surface area contributed by atoms with E-state index >= 15 is 0 Å². The van der Waals surface area contributed by atoms with Crippen molar-refractivity contribution in [1.29, 1.82) is 5.26 Å². The highest BCUT2D eigenvalue weighted by atomic mass is 16.1. The number of aromatic amines is 1. The van der Waals surface area contributed by atoms with Gasteiger partial charge >= 0.3 is 0 Å². The fourth-order valence-corrected chi connectivity index (χ4v) is 2.89. The van der Waals surface area contributed by atoms with Gasteiger partial charge in [0.05, 0.1) is 28.9 Å². The minimum atomic E-state index is -0.219. The van der Waals surface area contributed by atoms with Crippen LogP contribution in [0, 0.1) is 11.3 Å². The fourth-order valence-electron chi connectivity index (χ4n) is 2.89. The maximum Gasteiger partial charge on any atom is 0.257 e. The van der Waals surface area contributed by atoms with Gasteiger partial charge in [0.15, 0.2) is 0 Å². The number of amides is 1. The molecule has 5 nitrogen and oxygen atoms in total. The zero-order chi connectivity index (χ0) is 17.9. The van der Waals surface area contributed by atoms with Crippen molar-refractivity contribution in [3.8, 4) is 17.2 Å². The third-order valence-corrected chi connectivity index (χ3v) is 4.15. The maximum atomic E-state index is 12.8. The molecule has 0 bridgehead atoms. The van der Waals surface area contributed by atoms with Gasteiger partial charge in [0.1, 0.15) is 0 Å². The third-order valence-electron chi connectivity index (χ3n) is 4.15. The molecule has 0 radical (unpaired) electrons. The van der Waals surface area contributed by atoms with Crippen molar-refractivity contribution < 1.29 is 4.79 Å². The molecule has 0 atom stereocenters.